The molecule has 0 aliphatic carbocycles. The minimum Gasteiger partial charge on any atom is -0.493 e. The standard InChI is InChI=1S/C20H18N4O5/c1-2-29-16-11-7-6-10-15(16)24-19(27)14(18(26)22-20(24)28)12-21-23-17(25)13-8-4-3-5-9-13/h3-12,27H,2H2,1H3,(H,23,25)(H,22,26,28). The average molecular weight is 394 g/mol. The van der Waals surface area contributed by atoms with Gasteiger partial charge in [0.05, 0.1) is 18.5 Å². The number of H-pyrrole nitrogens is 1. The van der Waals surface area contributed by atoms with Crippen molar-refractivity contribution in [3.63, 3.8) is 0 Å². The Balaban J connectivity index is 1.97. The summed E-state index contributed by atoms with van der Waals surface area (Å²) in [6.45, 7) is 2.12. The molecule has 3 rings (SSSR count). The summed E-state index contributed by atoms with van der Waals surface area (Å²) >= 11 is 0. The highest BCUT2D eigenvalue weighted by atomic mass is 16.5. The maximum absolute atomic E-state index is 12.3. The van der Waals surface area contributed by atoms with Crippen LogP contribution in [0, 0.1) is 0 Å². The van der Waals surface area contributed by atoms with Crippen LogP contribution in [-0.2, 0) is 0 Å². The van der Waals surface area contributed by atoms with Crippen LogP contribution in [-0.4, -0.2) is 33.4 Å². The molecule has 9 nitrogen and oxygen atoms in total. The van der Waals surface area contributed by atoms with E-state index in [1.54, 1.807) is 61.5 Å². The first-order valence-corrected chi connectivity index (χ1v) is 8.72. The molecule has 1 aromatic heterocycles. The zero-order valence-electron chi connectivity index (χ0n) is 15.5. The number of hydrogen-bond donors (Lipinski definition) is 3. The lowest BCUT2D eigenvalue weighted by Gasteiger charge is -2.13. The number of hydrogen-bond acceptors (Lipinski definition) is 6. The molecule has 0 aliphatic rings. The van der Waals surface area contributed by atoms with E-state index in [-0.39, 0.29) is 11.3 Å². The van der Waals surface area contributed by atoms with Crippen LogP contribution < -0.4 is 21.4 Å². The molecule has 2 aromatic carbocycles. The van der Waals surface area contributed by atoms with E-state index in [4.69, 9.17) is 4.74 Å². The summed E-state index contributed by atoms with van der Waals surface area (Å²) in [5.41, 5.74) is 0.886. The average Bonchev–Trinajstić information content (AvgIpc) is 2.72. The SMILES string of the molecule is CCOc1ccccc1-n1c(O)c(C=NNC(=O)c2ccccc2)c(=O)[nH]c1=O. The first-order chi connectivity index (χ1) is 14.0. The quantitative estimate of drug-likeness (QED) is 0.430. The van der Waals surface area contributed by atoms with Crippen molar-refractivity contribution in [2.24, 2.45) is 5.10 Å². The molecule has 9 heteroatoms. The number of carbonyl (C=O) groups is 1. The van der Waals surface area contributed by atoms with Crippen LogP contribution in [0.3, 0.4) is 0 Å². The van der Waals surface area contributed by atoms with Crippen molar-refractivity contribution in [2.45, 2.75) is 6.92 Å². The molecule has 1 amide bonds. The number of benzene rings is 2. The largest absolute Gasteiger partial charge is 0.493 e. The lowest BCUT2D eigenvalue weighted by molar-refractivity contribution is 0.0955. The van der Waals surface area contributed by atoms with Gasteiger partial charge >= 0.3 is 5.69 Å². The van der Waals surface area contributed by atoms with E-state index in [0.29, 0.717) is 17.9 Å². The van der Waals surface area contributed by atoms with Gasteiger partial charge in [-0.3, -0.25) is 14.6 Å². The van der Waals surface area contributed by atoms with Crippen molar-refractivity contribution < 1.29 is 14.6 Å². The van der Waals surface area contributed by atoms with Gasteiger partial charge in [0.15, 0.2) is 0 Å². The van der Waals surface area contributed by atoms with Crippen LogP contribution in [0.4, 0.5) is 0 Å². The summed E-state index contributed by atoms with van der Waals surface area (Å²) in [6.07, 6.45) is 0.967. The van der Waals surface area contributed by atoms with E-state index in [2.05, 4.69) is 15.5 Å². The van der Waals surface area contributed by atoms with Gasteiger partial charge in [0.1, 0.15) is 11.3 Å². The number of amides is 1. The fraction of sp³-hybridized carbons (Fsp3) is 0.100. The van der Waals surface area contributed by atoms with E-state index in [9.17, 15) is 19.5 Å². The highest BCUT2D eigenvalue weighted by Gasteiger charge is 2.17. The second kappa shape index (κ2) is 8.70. The van der Waals surface area contributed by atoms with Gasteiger partial charge in [0.25, 0.3) is 11.5 Å². The van der Waals surface area contributed by atoms with Crippen molar-refractivity contribution in [3.8, 4) is 17.3 Å². The minimum absolute atomic E-state index is 0.246. The third-order valence-corrected chi connectivity index (χ3v) is 3.92. The predicted molar refractivity (Wildman–Crippen MR) is 107 cm³/mol. The molecule has 3 aromatic rings. The van der Waals surface area contributed by atoms with Gasteiger partial charge in [-0.05, 0) is 31.2 Å². The Kier molecular flexibility index (Phi) is 5.88. The molecule has 0 saturated heterocycles. The first kappa shape index (κ1) is 19.6. The van der Waals surface area contributed by atoms with Gasteiger partial charge in [0, 0.05) is 5.56 Å². The molecule has 0 atom stereocenters. The Labute approximate surface area is 164 Å². The highest BCUT2D eigenvalue weighted by molar-refractivity contribution is 5.94. The molecule has 0 bridgehead atoms. The Morgan fingerprint density at radius 2 is 1.86 bits per heavy atom. The highest BCUT2D eigenvalue weighted by Crippen LogP contribution is 2.25. The fourth-order valence-electron chi connectivity index (χ4n) is 2.61. The van der Waals surface area contributed by atoms with Crippen LogP contribution in [0.25, 0.3) is 5.69 Å². The van der Waals surface area contributed by atoms with Crippen LogP contribution in [0.2, 0.25) is 0 Å². The lowest BCUT2D eigenvalue weighted by atomic mass is 10.2. The van der Waals surface area contributed by atoms with E-state index in [1.807, 2.05) is 0 Å². The van der Waals surface area contributed by atoms with Crippen LogP contribution in [0.15, 0.2) is 69.3 Å². The molecule has 0 unspecified atom stereocenters. The molecule has 3 N–H and O–H groups in total. The van der Waals surface area contributed by atoms with Crippen molar-refractivity contribution in [1.82, 2.24) is 15.0 Å². The second-order valence-electron chi connectivity index (χ2n) is 5.80. The van der Waals surface area contributed by atoms with E-state index < -0.39 is 23.0 Å². The molecule has 0 radical (unpaired) electrons. The topological polar surface area (TPSA) is 126 Å². The molecule has 1 heterocycles. The summed E-state index contributed by atoms with van der Waals surface area (Å²) < 4.78 is 6.38. The summed E-state index contributed by atoms with van der Waals surface area (Å²) in [7, 11) is 0. The van der Waals surface area contributed by atoms with Crippen molar-refractivity contribution in [3.05, 3.63) is 86.6 Å². The number of hydrazone groups is 1. The molecular weight excluding hydrogens is 376 g/mol. The third-order valence-electron chi connectivity index (χ3n) is 3.92. The predicted octanol–water partition coefficient (Wildman–Crippen LogP) is 1.39. The number of aromatic nitrogens is 2. The number of ether oxygens (including phenoxy) is 1. The monoisotopic (exact) mass is 394 g/mol. The maximum Gasteiger partial charge on any atom is 0.335 e. The van der Waals surface area contributed by atoms with Crippen molar-refractivity contribution >= 4 is 12.1 Å². The number of nitrogens with zero attached hydrogens (tertiary/aromatic N) is 2. The summed E-state index contributed by atoms with van der Waals surface area (Å²) in [4.78, 5) is 38.6. The number of para-hydroxylation sites is 2. The normalized spacial score (nSPS) is 10.8. The van der Waals surface area contributed by atoms with Gasteiger partial charge in [-0.15, -0.1) is 0 Å². The minimum atomic E-state index is -0.852. The first-order valence-electron chi connectivity index (χ1n) is 8.72. The molecule has 0 saturated carbocycles. The fourth-order valence-corrected chi connectivity index (χ4v) is 2.61. The Hall–Kier alpha value is -4.14. The number of carbonyl (C=O) groups excluding carboxylic acids is 1. The molecule has 0 fully saturated rings. The number of aromatic amines is 1. The van der Waals surface area contributed by atoms with Crippen molar-refractivity contribution in [1.29, 1.82) is 0 Å². The third kappa shape index (κ3) is 4.24. The molecule has 29 heavy (non-hydrogen) atoms. The summed E-state index contributed by atoms with van der Waals surface area (Å²) in [5.74, 6) is -0.781. The molecular formula is C20H18N4O5. The van der Waals surface area contributed by atoms with Gasteiger partial charge in [-0.1, -0.05) is 30.3 Å². The summed E-state index contributed by atoms with van der Waals surface area (Å²) in [6, 6.07) is 14.9. The van der Waals surface area contributed by atoms with E-state index in [1.165, 1.54) is 0 Å². The van der Waals surface area contributed by atoms with Crippen LogP contribution >= 0.6 is 0 Å². The molecule has 0 aliphatic heterocycles. The molecule has 0 spiro atoms. The van der Waals surface area contributed by atoms with E-state index in [0.717, 1.165) is 10.8 Å². The van der Waals surface area contributed by atoms with Gasteiger partial charge in [0.2, 0.25) is 5.88 Å². The number of nitrogens with one attached hydrogen (secondary N) is 2. The van der Waals surface area contributed by atoms with Crippen LogP contribution in [0.1, 0.15) is 22.8 Å². The van der Waals surface area contributed by atoms with Gasteiger partial charge < -0.3 is 9.84 Å². The Bertz CT molecular complexity index is 1170. The summed E-state index contributed by atoms with van der Waals surface area (Å²) in [5, 5.41) is 14.3. The number of aromatic hydroxyl groups is 1. The number of rotatable bonds is 6. The lowest BCUT2D eigenvalue weighted by Crippen LogP contribution is -2.32. The molecule has 148 valence electrons. The van der Waals surface area contributed by atoms with Gasteiger partial charge in [-0.2, -0.15) is 5.10 Å². The zero-order valence-corrected chi connectivity index (χ0v) is 15.5. The van der Waals surface area contributed by atoms with Crippen molar-refractivity contribution in [2.75, 3.05) is 6.61 Å². The van der Waals surface area contributed by atoms with Crippen LogP contribution in [0.5, 0.6) is 11.6 Å². The van der Waals surface area contributed by atoms with Gasteiger partial charge in [-0.25, -0.2) is 14.8 Å². The Morgan fingerprint density at radius 1 is 1.17 bits per heavy atom. The maximum atomic E-state index is 12.3. The smallest absolute Gasteiger partial charge is 0.335 e. The Morgan fingerprint density at radius 3 is 2.59 bits per heavy atom. The van der Waals surface area contributed by atoms with E-state index >= 15 is 0 Å². The second-order valence-corrected chi connectivity index (χ2v) is 5.80. The zero-order chi connectivity index (χ0) is 20.8.